The van der Waals surface area contributed by atoms with Crippen LogP contribution in [0.1, 0.15) is 29.7 Å². The topological polar surface area (TPSA) is 56.7 Å². The molecule has 0 saturated carbocycles. The van der Waals surface area contributed by atoms with Crippen LogP contribution in [0.15, 0.2) is 30.3 Å². The highest BCUT2D eigenvalue weighted by atomic mass is 19.1. The third kappa shape index (κ3) is 2.66. The Balaban J connectivity index is 1.71. The molecule has 2 aromatic rings. The lowest BCUT2D eigenvalue weighted by Crippen LogP contribution is -2.30. The fraction of sp³-hybridized carbons (Fsp3) is 0.429. The molecular weight excluding hydrogens is 243 g/mol. The molecule has 0 radical (unpaired) electrons. The number of alkyl halides is 1. The van der Waals surface area contributed by atoms with Crippen LogP contribution in [0, 0.1) is 0 Å². The third-order valence-corrected chi connectivity index (χ3v) is 3.44. The van der Waals surface area contributed by atoms with E-state index in [4.69, 9.17) is 5.73 Å². The van der Waals surface area contributed by atoms with Crippen molar-refractivity contribution in [1.82, 2.24) is 14.8 Å². The molecule has 5 heteroatoms. The fourth-order valence-electron chi connectivity index (χ4n) is 2.46. The smallest absolute Gasteiger partial charge is 0.151 e. The summed E-state index contributed by atoms with van der Waals surface area (Å²) in [5.41, 5.74) is 7.15. The molecule has 4 nitrogen and oxygen atoms in total. The summed E-state index contributed by atoms with van der Waals surface area (Å²) in [6.07, 6.45) is 1.08. The largest absolute Gasteiger partial charge is 0.321 e. The Hall–Kier alpha value is -1.75. The first-order valence-corrected chi connectivity index (χ1v) is 6.59. The summed E-state index contributed by atoms with van der Waals surface area (Å²) in [7, 11) is 0. The Labute approximate surface area is 111 Å². The average Bonchev–Trinajstić information content (AvgIpc) is 2.81. The van der Waals surface area contributed by atoms with Gasteiger partial charge in [-0.2, -0.15) is 5.10 Å². The summed E-state index contributed by atoms with van der Waals surface area (Å²) >= 11 is 0. The van der Waals surface area contributed by atoms with Crippen LogP contribution in [0.2, 0.25) is 0 Å². The summed E-state index contributed by atoms with van der Waals surface area (Å²) in [6, 6.07) is 9.87. The van der Waals surface area contributed by atoms with Crippen LogP contribution in [-0.2, 0) is 19.4 Å². The molecule has 0 bridgehead atoms. The standard InChI is InChI=1S/C14H17FN4/c15-11-8-12(16)14-17-13(18-19(14)9-11)7-6-10-4-2-1-3-5-10/h1-5,11-12H,6-9,16H2. The van der Waals surface area contributed by atoms with Crippen LogP contribution < -0.4 is 5.73 Å². The second-order valence-corrected chi connectivity index (χ2v) is 4.99. The quantitative estimate of drug-likeness (QED) is 0.915. The number of halogens is 1. The normalized spacial score (nSPS) is 22.2. The van der Waals surface area contributed by atoms with Crippen LogP contribution in [0.3, 0.4) is 0 Å². The molecule has 1 aromatic carbocycles. The number of aryl methyl sites for hydroxylation is 2. The second kappa shape index (κ2) is 5.09. The number of hydrogen-bond acceptors (Lipinski definition) is 3. The first kappa shape index (κ1) is 12.3. The Morgan fingerprint density at radius 3 is 2.84 bits per heavy atom. The van der Waals surface area contributed by atoms with Crippen molar-refractivity contribution in [1.29, 1.82) is 0 Å². The maximum atomic E-state index is 13.4. The van der Waals surface area contributed by atoms with Gasteiger partial charge in [-0.25, -0.2) is 14.1 Å². The number of benzene rings is 1. The summed E-state index contributed by atoms with van der Waals surface area (Å²) in [6.45, 7) is 0.279. The Morgan fingerprint density at radius 1 is 1.26 bits per heavy atom. The maximum absolute atomic E-state index is 13.4. The van der Waals surface area contributed by atoms with E-state index in [-0.39, 0.29) is 12.6 Å². The van der Waals surface area contributed by atoms with E-state index in [0.29, 0.717) is 6.42 Å². The predicted octanol–water partition coefficient (Wildman–Crippen LogP) is 1.80. The number of aromatic nitrogens is 3. The molecule has 2 N–H and O–H groups in total. The minimum absolute atomic E-state index is 0.279. The molecule has 1 aliphatic rings. The summed E-state index contributed by atoms with van der Waals surface area (Å²) in [4.78, 5) is 4.44. The highest BCUT2D eigenvalue weighted by Gasteiger charge is 2.27. The first-order chi connectivity index (χ1) is 9.22. The van der Waals surface area contributed by atoms with Gasteiger partial charge in [0.15, 0.2) is 5.82 Å². The number of nitrogens with zero attached hydrogens (tertiary/aromatic N) is 3. The van der Waals surface area contributed by atoms with Gasteiger partial charge in [-0.3, -0.25) is 0 Å². The van der Waals surface area contributed by atoms with E-state index < -0.39 is 6.17 Å². The summed E-state index contributed by atoms with van der Waals surface area (Å²) < 4.78 is 15.0. The van der Waals surface area contributed by atoms with Crippen molar-refractivity contribution >= 4 is 0 Å². The fourth-order valence-corrected chi connectivity index (χ4v) is 2.46. The van der Waals surface area contributed by atoms with Gasteiger partial charge in [0.1, 0.15) is 12.0 Å². The van der Waals surface area contributed by atoms with Gasteiger partial charge in [0.25, 0.3) is 0 Å². The first-order valence-electron chi connectivity index (χ1n) is 6.59. The molecule has 0 fully saturated rings. The van der Waals surface area contributed by atoms with Crippen LogP contribution >= 0.6 is 0 Å². The van der Waals surface area contributed by atoms with E-state index in [9.17, 15) is 4.39 Å². The minimum Gasteiger partial charge on any atom is -0.321 e. The molecule has 19 heavy (non-hydrogen) atoms. The zero-order chi connectivity index (χ0) is 13.2. The number of hydrogen-bond donors (Lipinski definition) is 1. The molecule has 1 aromatic heterocycles. The van der Waals surface area contributed by atoms with Crippen LogP contribution in [-0.4, -0.2) is 20.9 Å². The second-order valence-electron chi connectivity index (χ2n) is 4.99. The van der Waals surface area contributed by atoms with E-state index in [1.165, 1.54) is 5.56 Å². The van der Waals surface area contributed by atoms with E-state index in [2.05, 4.69) is 22.2 Å². The van der Waals surface area contributed by atoms with E-state index in [1.54, 1.807) is 4.68 Å². The van der Waals surface area contributed by atoms with Crippen LogP contribution in [0.4, 0.5) is 4.39 Å². The van der Waals surface area contributed by atoms with Crippen molar-refractivity contribution in [3.63, 3.8) is 0 Å². The molecule has 0 spiro atoms. The van der Waals surface area contributed by atoms with Gasteiger partial charge in [0.2, 0.25) is 0 Å². The molecule has 0 amide bonds. The van der Waals surface area contributed by atoms with Crippen molar-refractivity contribution in [2.45, 2.75) is 38.0 Å². The van der Waals surface area contributed by atoms with E-state index >= 15 is 0 Å². The lowest BCUT2D eigenvalue weighted by atomic mass is 10.1. The zero-order valence-electron chi connectivity index (χ0n) is 10.7. The van der Waals surface area contributed by atoms with Crippen molar-refractivity contribution in [2.24, 2.45) is 5.73 Å². The molecule has 100 valence electrons. The average molecular weight is 260 g/mol. The molecule has 1 aliphatic heterocycles. The van der Waals surface area contributed by atoms with Gasteiger partial charge in [-0.05, 0) is 12.0 Å². The SMILES string of the molecule is NC1CC(F)Cn2nc(CCc3ccccc3)nc21. The molecule has 0 aliphatic carbocycles. The van der Waals surface area contributed by atoms with Crippen molar-refractivity contribution in [3.8, 4) is 0 Å². The lowest BCUT2D eigenvalue weighted by Gasteiger charge is -2.21. The summed E-state index contributed by atoms with van der Waals surface area (Å²) in [5.74, 6) is 1.47. The molecular formula is C14H17FN4. The van der Waals surface area contributed by atoms with Gasteiger partial charge in [0.05, 0.1) is 12.6 Å². The van der Waals surface area contributed by atoms with Crippen LogP contribution in [0.25, 0.3) is 0 Å². The number of fused-ring (bicyclic) bond motifs is 1. The third-order valence-electron chi connectivity index (χ3n) is 3.44. The predicted molar refractivity (Wildman–Crippen MR) is 70.3 cm³/mol. The maximum Gasteiger partial charge on any atom is 0.151 e. The van der Waals surface area contributed by atoms with E-state index in [1.807, 2.05) is 18.2 Å². The number of nitrogens with two attached hydrogens (primary N) is 1. The molecule has 2 unspecified atom stereocenters. The lowest BCUT2D eigenvalue weighted by molar-refractivity contribution is 0.219. The summed E-state index contributed by atoms with van der Waals surface area (Å²) in [5, 5.41) is 4.35. The Morgan fingerprint density at radius 2 is 2.05 bits per heavy atom. The molecule has 2 atom stereocenters. The monoisotopic (exact) mass is 260 g/mol. The van der Waals surface area contributed by atoms with E-state index in [0.717, 1.165) is 24.5 Å². The zero-order valence-corrected chi connectivity index (χ0v) is 10.7. The molecule has 2 heterocycles. The highest BCUT2D eigenvalue weighted by molar-refractivity contribution is 5.15. The van der Waals surface area contributed by atoms with Crippen molar-refractivity contribution in [3.05, 3.63) is 47.5 Å². The molecule has 3 rings (SSSR count). The number of rotatable bonds is 3. The van der Waals surface area contributed by atoms with Crippen molar-refractivity contribution in [2.75, 3.05) is 0 Å². The highest BCUT2D eigenvalue weighted by Crippen LogP contribution is 2.23. The van der Waals surface area contributed by atoms with Gasteiger partial charge in [-0.15, -0.1) is 0 Å². The van der Waals surface area contributed by atoms with Gasteiger partial charge < -0.3 is 5.73 Å². The van der Waals surface area contributed by atoms with Gasteiger partial charge >= 0.3 is 0 Å². The Kier molecular flexibility index (Phi) is 3.29. The van der Waals surface area contributed by atoms with Crippen LogP contribution in [0.5, 0.6) is 0 Å². The molecule has 0 saturated heterocycles. The van der Waals surface area contributed by atoms with Gasteiger partial charge in [-0.1, -0.05) is 30.3 Å². The minimum atomic E-state index is -0.911. The Bertz CT molecular complexity index is 552. The van der Waals surface area contributed by atoms with Crippen molar-refractivity contribution < 1.29 is 4.39 Å². The van der Waals surface area contributed by atoms with Gasteiger partial charge in [0, 0.05) is 12.8 Å².